The highest BCUT2D eigenvalue weighted by Crippen LogP contribution is 2.35. The van der Waals surface area contributed by atoms with Crippen LogP contribution in [0.4, 0.5) is 15.8 Å². The van der Waals surface area contributed by atoms with Crippen molar-refractivity contribution in [3.8, 4) is 0 Å². The zero-order valence-electron chi connectivity index (χ0n) is 9.83. The Morgan fingerprint density at radius 1 is 1.41 bits per heavy atom. The van der Waals surface area contributed by atoms with Gasteiger partial charge in [0.25, 0.3) is 5.91 Å². The average Bonchev–Trinajstić information content (AvgIpc) is 2.58. The number of carbonyl (C=O) groups excluding carboxylic acids is 1. The summed E-state index contributed by atoms with van der Waals surface area (Å²) >= 11 is 0. The van der Waals surface area contributed by atoms with Gasteiger partial charge in [-0.1, -0.05) is 0 Å². The van der Waals surface area contributed by atoms with Gasteiger partial charge in [-0.2, -0.15) is 0 Å². The van der Waals surface area contributed by atoms with E-state index in [4.69, 9.17) is 0 Å². The second-order valence-electron chi connectivity index (χ2n) is 3.95. The highest BCUT2D eigenvalue weighted by Gasteiger charge is 2.30. The van der Waals surface area contributed by atoms with Gasteiger partial charge < -0.3 is 15.3 Å². The van der Waals surface area contributed by atoms with Crippen LogP contribution < -0.4 is 10.2 Å². The Balaban J connectivity index is 2.46. The molecule has 0 bridgehead atoms. The highest BCUT2D eigenvalue weighted by atomic mass is 19.1. The van der Waals surface area contributed by atoms with Crippen LogP contribution in [0.25, 0.3) is 0 Å². The van der Waals surface area contributed by atoms with Crippen molar-refractivity contribution in [3.63, 3.8) is 0 Å². The smallest absolute Gasteiger partial charge is 0.257 e. The number of rotatable bonds is 3. The molecule has 0 aliphatic carbocycles. The van der Waals surface area contributed by atoms with Crippen molar-refractivity contribution in [1.82, 2.24) is 0 Å². The van der Waals surface area contributed by atoms with Gasteiger partial charge >= 0.3 is 0 Å². The van der Waals surface area contributed by atoms with Gasteiger partial charge in [-0.05, 0) is 26.0 Å². The minimum Gasteiger partial charge on any atom is -0.378 e. The van der Waals surface area contributed by atoms with Crippen LogP contribution in [0, 0.1) is 5.82 Å². The molecule has 1 aliphatic heterocycles. The lowest BCUT2D eigenvalue weighted by molar-refractivity contribution is -0.123. The van der Waals surface area contributed by atoms with Gasteiger partial charge in [-0.25, -0.2) is 4.39 Å². The molecular weight excluding hydrogens is 223 g/mol. The van der Waals surface area contributed by atoms with Crippen LogP contribution in [0.5, 0.6) is 0 Å². The summed E-state index contributed by atoms with van der Waals surface area (Å²) in [4.78, 5) is 13.1. The molecule has 0 fully saturated rings. The van der Waals surface area contributed by atoms with Crippen LogP contribution in [0.1, 0.15) is 25.5 Å². The van der Waals surface area contributed by atoms with Gasteiger partial charge in [-0.15, -0.1) is 0 Å². The SMILES string of the molecule is CCN(CC)c1cc2c(cc1F)C(O)C(=O)N2. The number of nitrogens with one attached hydrogen (secondary N) is 1. The summed E-state index contributed by atoms with van der Waals surface area (Å²) in [5, 5.41) is 12.1. The summed E-state index contributed by atoms with van der Waals surface area (Å²) < 4.78 is 13.9. The van der Waals surface area contributed by atoms with Crippen molar-refractivity contribution in [3.05, 3.63) is 23.5 Å². The summed E-state index contributed by atoms with van der Waals surface area (Å²) in [7, 11) is 0. The first-order valence-electron chi connectivity index (χ1n) is 5.65. The van der Waals surface area contributed by atoms with E-state index in [9.17, 15) is 14.3 Å². The summed E-state index contributed by atoms with van der Waals surface area (Å²) in [6.07, 6.45) is -1.26. The fraction of sp³-hybridized carbons (Fsp3) is 0.417. The number of nitrogens with zero attached hydrogens (tertiary/aromatic N) is 1. The summed E-state index contributed by atoms with van der Waals surface area (Å²) in [6.45, 7) is 5.23. The van der Waals surface area contributed by atoms with Gasteiger partial charge in [0, 0.05) is 24.3 Å². The first-order chi connectivity index (χ1) is 8.08. The molecule has 0 spiro atoms. The predicted molar refractivity (Wildman–Crippen MR) is 63.6 cm³/mol. The van der Waals surface area contributed by atoms with E-state index in [-0.39, 0.29) is 0 Å². The zero-order chi connectivity index (χ0) is 12.6. The monoisotopic (exact) mass is 238 g/mol. The Hall–Kier alpha value is -1.62. The summed E-state index contributed by atoms with van der Waals surface area (Å²) in [5.74, 6) is -0.918. The van der Waals surface area contributed by atoms with E-state index in [0.717, 1.165) is 0 Å². The standard InChI is InChI=1S/C12H15FN2O2/c1-3-15(4-2)10-6-9-7(5-8(10)13)11(16)12(17)14-9/h5-6,11,16H,3-4H2,1-2H3,(H,14,17). The van der Waals surface area contributed by atoms with Crippen molar-refractivity contribution in [1.29, 1.82) is 0 Å². The summed E-state index contributed by atoms with van der Waals surface area (Å²) in [6, 6.07) is 2.80. The van der Waals surface area contributed by atoms with Gasteiger partial charge in [0.2, 0.25) is 0 Å². The fourth-order valence-corrected chi connectivity index (χ4v) is 2.06. The molecule has 2 N–H and O–H groups in total. The first-order valence-corrected chi connectivity index (χ1v) is 5.65. The summed E-state index contributed by atoms with van der Waals surface area (Å²) in [5.41, 5.74) is 1.25. The van der Waals surface area contributed by atoms with E-state index in [0.29, 0.717) is 30.0 Å². The zero-order valence-corrected chi connectivity index (χ0v) is 9.83. The topological polar surface area (TPSA) is 52.6 Å². The first kappa shape index (κ1) is 11.9. The second kappa shape index (κ2) is 4.33. The minimum atomic E-state index is -1.26. The maximum atomic E-state index is 13.9. The molecule has 1 heterocycles. The number of benzene rings is 1. The fourth-order valence-electron chi connectivity index (χ4n) is 2.06. The number of halogens is 1. The number of hydrogen-bond donors (Lipinski definition) is 2. The Morgan fingerprint density at radius 2 is 2.06 bits per heavy atom. The Kier molecular flexibility index (Phi) is 3.02. The van der Waals surface area contributed by atoms with Crippen LogP contribution in [0.3, 0.4) is 0 Å². The number of fused-ring (bicyclic) bond motifs is 1. The maximum Gasteiger partial charge on any atom is 0.257 e. The Labute approximate surface area is 99.0 Å². The third kappa shape index (κ3) is 1.86. The van der Waals surface area contributed by atoms with Crippen molar-refractivity contribution in [2.75, 3.05) is 23.3 Å². The van der Waals surface area contributed by atoms with E-state index in [1.807, 2.05) is 18.7 Å². The molecule has 92 valence electrons. The molecule has 1 aromatic carbocycles. The lowest BCUT2D eigenvalue weighted by Gasteiger charge is -2.22. The van der Waals surface area contributed by atoms with Gasteiger partial charge in [0.1, 0.15) is 5.82 Å². The van der Waals surface area contributed by atoms with Crippen molar-refractivity contribution >= 4 is 17.3 Å². The number of hydrogen-bond acceptors (Lipinski definition) is 3. The predicted octanol–water partition coefficient (Wildman–Crippen LogP) is 1.66. The normalized spacial score (nSPS) is 17.9. The molecule has 17 heavy (non-hydrogen) atoms. The minimum absolute atomic E-state index is 0.309. The number of anilines is 2. The van der Waals surface area contributed by atoms with E-state index in [2.05, 4.69) is 5.32 Å². The average molecular weight is 238 g/mol. The van der Waals surface area contributed by atoms with Crippen LogP contribution in [0.2, 0.25) is 0 Å². The Morgan fingerprint density at radius 3 is 2.65 bits per heavy atom. The molecule has 2 rings (SSSR count). The van der Waals surface area contributed by atoms with Crippen molar-refractivity contribution in [2.24, 2.45) is 0 Å². The highest BCUT2D eigenvalue weighted by molar-refractivity contribution is 6.02. The molecule has 1 atom stereocenters. The third-order valence-corrected chi connectivity index (χ3v) is 3.02. The van der Waals surface area contributed by atoms with E-state index < -0.39 is 17.8 Å². The maximum absolute atomic E-state index is 13.9. The molecule has 4 nitrogen and oxygen atoms in total. The quantitative estimate of drug-likeness (QED) is 0.842. The molecule has 1 aliphatic rings. The number of amides is 1. The lowest BCUT2D eigenvalue weighted by atomic mass is 10.1. The molecule has 5 heteroatoms. The molecule has 1 aromatic rings. The van der Waals surface area contributed by atoms with Gasteiger partial charge in [0.15, 0.2) is 6.10 Å². The molecular formula is C12H15FN2O2. The van der Waals surface area contributed by atoms with Crippen LogP contribution in [-0.4, -0.2) is 24.1 Å². The van der Waals surface area contributed by atoms with Gasteiger partial charge in [0.05, 0.1) is 5.69 Å². The molecule has 1 unspecified atom stereocenters. The van der Waals surface area contributed by atoms with E-state index in [1.54, 1.807) is 6.07 Å². The molecule has 1 amide bonds. The lowest BCUT2D eigenvalue weighted by Crippen LogP contribution is -2.23. The van der Waals surface area contributed by atoms with E-state index in [1.165, 1.54) is 6.07 Å². The van der Waals surface area contributed by atoms with Crippen molar-refractivity contribution < 1.29 is 14.3 Å². The van der Waals surface area contributed by atoms with Gasteiger partial charge in [-0.3, -0.25) is 4.79 Å². The van der Waals surface area contributed by atoms with E-state index >= 15 is 0 Å². The van der Waals surface area contributed by atoms with Crippen LogP contribution in [0.15, 0.2) is 12.1 Å². The molecule has 0 radical (unpaired) electrons. The van der Waals surface area contributed by atoms with Crippen molar-refractivity contribution in [2.45, 2.75) is 20.0 Å². The number of aliphatic hydroxyl groups excluding tert-OH is 1. The molecule has 0 saturated heterocycles. The number of aliphatic hydroxyl groups is 1. The van der Waals surface area contributed by atoms with Crippen LogP contribution in [-0.2, 0) is 4.79 Å². The van der Waals surface area contributed by atoms with Crippen LogP contribution >= 0.6 is 0 Å². The third-order valence-electron chi connectivity index (χ3n) is 3.02. The Bertz CT molecular complexity index is 458. The molecule has 0 aromatic heterocycles. The second-order valence-corrected chi connectivity index (χ2v) is 3.95. The number of carbonyl (C=O) groups is 1. The molecule has 0 saturated carbocycles. The largest absolute Gasteiger partial charge is 0.378 e.